The molecule has 1 aromatic rings. The van der Waals surface area contributed by atoms with E-state index < -0.39 is 0 Å². The molecule has 5 heteroatoms. The van der Waals surface area contributed by atoms with Gasteiger partial charge in [-0.3, -0.25) is 4.79 Å². The van der Waals surface area contributed by atoms with Gasteiger partial charge in [0.15, 0.2) is 11.6 Å². The number of anilines is 1. The number of piperidine rings is 1. The van der Waals surface area contributed by atoms with E-state index >= 15 is 0 Å². The van der Waals surface area contributed by atoms with E-state index in [1.54, 1.807) is 13.3 Å². The number of carbonyl (C=O) groups excluding carboxylic acids is 1. The second-order valence-corrected chi connectivity index (χ2v) is 4.34. The number of carbonyl (C=O) groups is 1. The lowest BCUT2D eigenvalue weighted by atomic mass is 9.98. The average molecular weight is 250 g/mol. The van der Waals surface area contributed by atoms with Gasteiger partial charge in [-0.05, 0) is 25.0 Å². The molecule has 1 atom stereocenters. The first-order valence-electron chi connectivity index (χ1n) is 6.08. The summed E-state index contributed by atoms with van der Waals surface area (Å²) in [5.41, 5.74) is 0. The molecule has 0 amide bonds. The standard InChI is InChI=1S/C13H18N2O3/c1-17-11-6-3-7-14-12(11)15-8-4-5-10(9-15)13(16)18-2/h3,6-7,10H,4-5,8-9H2,1-2H3. The van der Waals surface area contributed by atoms with E-state index in [4.69, 9.17) is 9.47 Å². The average Bonchev–Trinajstić information content (AvgIpc) is 2.46. The largest absolute Gasteiger partial charge is 0.493 e. The van der Waals surface area contributed by atoms with Crippen LogP contribution in [0.3, 0.4) is 0 Å². The summed E-state index contributed by atoms with van der Waals surface area (Å²) < 4.78 is 10.1. The third-order valence-corrected chi connectivity index (χ3v) is 3.23. The number of pyridine rings is 1. The van der Waals surface area contributed by atoms with Crippen LogP contribution in [0.15, 0.2) is 18.3 Å². The first-order chi connectivity index (χ1) is 8.76. The Kier molecular flexibility index (Phi) is 4.02. The van der Waals surface area contributed by atoms with Gasteiger partial charge in [0.05, 0.1) is 20.1 Å². The molecule has 1 aromatic heterocycles. The number of aromatic nitrogens is 1. The summed E-state index contributed by atoms with van der Waals surface area (Å²) in [6, 6.07) is 3.72. The molecule has 0 N–H and O–H groups in total. The van der Waals surface area contributed by atoms with E-state index in [1.807, 2.05) is 12.1 Å². The fourth-order valence-electron chi connectivity index (χ4n) is 2.31. The highest BCUT2D eigenvalue weighted by atomic mass is 16.5. The van der Waals surface area contributed by atoms with Crippen LogP contribution >= 0.6 is 0 Å². The van der Waals surface area contributed by atoms with E-state index in [9.17, 15) is 4.79 Å². The van der Waals surface area contributed by atoms with E-state index in [2.05, 4.69) is 9.88 Å². The zero-order valence-corrected chi connectivity index (χ0v) is 10.8. The first kappa shape index (κ1) is 12.7. The molecule has 98 valence electrons. The Balaban J connectivity index is 2.15. The molecule has 1 aliphatic rings. The second-order valence-electron chi connectivity index (χ2n) is 4.34. The monoisotopic (exact) mass is 250 g/mol. The summed E-state index contributed by atoms with van der Waals surface area (Å²) >= 11 is 0. The molecule has 0 saturated carbocycles. The van der Waals surface area contributed by atoms with Crippen LogP contribution < -0.4 is 9.64 Å². The Hall–Kier alpha value is -1.78. The van der Waals surface area contributed by atoms with Gasteiger partial charge in [-0.15, -0.1) is 0 Å². The van der Waals surface area contributed by atoms with Crippen LogP contribution in [0.2, 0.25) is 0 Å². The van der Waals surface area contributed by atoms with Crippen LogP contribution in [0.25, 0.3) is 0 Å². The molecule has 1 unspecified atom stereocenters. The van der Waals surface area contributed by atoms with Crippen molar-refractivity contribution >= 4 is 11.8 Å². The summed E-state index contributed by atoms with van der Waals surface area (Å²) in [5.74, 6) is 1.32. The second kappa shape index (κ2) is 5.71. The first-order valence-corrected chi connectivity index (χ1v) is 6.08. The van der Waals surface area contributed by atoms with Crippen molar-refractivity contribution in [1.82, 2.24) is 4.98 Å². The number of hydrogen-bond donors (Lipinski definition) is 0. The summed E-state index contributed by atoms with van der Waals surface area (Å²) in [4.78, 5) is 18.0. The molecule has 2 heterocycles. The molecule has 1 aliphatic heterocycles. The zero-order chi connectivity index (χ0) is 13.0. The van der Waals surface area contributed by atoms with Gasteiger partial charge in [0.1, 0.15) is 0 Å². The minimum atomic E-state index is -0.144. The maximum Gasteiger partial charge on any atom is 0.310 e. The SMILES string of the molecule is COC(=O)C1CCCN(c2ncccc2OC)C1. The third-order valence-electron chi connectivity index (χ3n) is 3.23. The van der Waals surface area contributed by atoms with Crippen LogP contribution in [0.1, 0.15) is 12.8 Å². The van der Waals surface area contributed by atoms with Crippen molar-refractivity contribution in [2.24, 2.45) is 5.92 Å². The van der Waals surface area contributed by atoms with Crippen molar-refractivity contribution < 1.29 is 14.3 Å². The maximum absolute atomic E-state index is 11.6. The fourth-order valence-corrected chi connectivity index (χ4v) is 2.31. The number of methoxy groups -OCH3 is 2. The Bertz CT molecular complexity index is 422. The Morgan fingerprint density at radius 2 is 2.33 bits per heavy atom. The van der Waals surface area contributed by atoms with Crippen molar-refractivity contribution in [2.75, 3.05) is 32.2 Å². The number of ether oxygens (including phenoxy) is 2. The predicted molar refractivity (Wildman–Crippen MR) is 67.7 cm³/mol. The van der Waals surface area contributed by atoms with Crippen molar-refractivity contribution in [1.29, 1.82) is 0 Å². The van der Waals surface area contributed by atoms with Gasteiger partial charge in [-0.2, -0.15) is 0 Å². The van der Waals surface area contributed by atoms with Crippen LogP contribution in [-0.2, 0) is 9.53 Å². The summed E-state index contributed by atoms with van der Waals surface area (Å²) in [7, 11) is 3.06. The number of nitrogens with zero attached hydrogens (tertiary/aromatic N) is 2. The normalized spacial score (nSPS) is 19.4. The van der Waals surface area contributed by atoms with Gasteiger partial charge < -0.3 is 14.4 Å². The topological polar surface area (TPSA) is 51.7 Å². The molecule has 0 aromatic carbocycles. The van der Waals surface area contributed by atoms with E-state index in [0.29, 0.717) is 6.54 Å². The summed E-state index contributed by atoms with van der Waals surface area (Å²) in [6.07, 6.45) is 3.57. The fraction of sp³-hybridized carbons (Fsp3) is 0.538. The molecule has 0 aliphatic carbocycles. The molecular formula is C13H18N2O3. The van der Waals surface area contributed by atoms with Gasteiger partial charge >= 0.3 is 5.97 Å². The van der Waals surface area contributed by atoms with Gasteiger partial charge in [-0.1, -0.05) is 0 Å². The van der Waals surface area contributed by atoms with E-state index in [1.165, 1.54) is 7.11 Å². The minimum absolute atomic E-state index is 0.0736. The van der Waals surface area contributed by atoms with Gasteiger partial charge in [0.25, 0.3) is 0 Å². The van der Waals surface area contributed by atoms with Crippen molar-refractivity contribution in [3.8, 4) is 5.75 Å². The maximum atomic E-state index is 11.6. The Morgan fingerprint density at radius 3 is 3.06 bits per heavy atom. The smallest absolute Gasteiger partial charge is 0.310 e. The van der Waals surface area contributed by atoms with Crippen LogP contribution in [0.5, 0.6) is 5.75 Å². The highest BCUT2D eigenvalue weighted by Gasteiger charge is 2.28. The van der Waals surface area contributed by atoms with Crippen molar-refractivity contribution in [2.45, 2.75) is 12.8 Å². The lowest BCUT2D eigenvalue weighted by Gasteiger charge is -2.32. The third kappa shape index (κ3) is 2.55. The van der Waals surface area contributed by atoms with Gasteiger partial charge in [0.2, 0.25) is 0 Å². The van der Waals surface area contributed by atoms with Crippen molar-refractivity contribution in [3.63, 3.8) is 0 Å². The Labute approximate surface area is 107 Å². The highest BCUT2D eigenvalue weighted by molar-refractivity contribution is 5.73. The molecule has 1 fully saturated rings. The molecule has 5 nitrogen and oxygen atoms in total. The number of rotatable bonds is 3. The van der Waals surface area contributed by atoms with E-state index in [-0.39, 0.29) is 11.9 Å². The zero-order valence-electron chi connectivity index (χ0n) is 10.8. The number of esters is 1. The lowest BCUT2D eigenvalue weighted by Crippen LogP contribution is -2.39. The molecule has 0 spiro atoms. The van der Waals surface area contributed by atoms with E-state index in [0.717, 1.165) is 31.0 Å². The van der Waals surface area contributed by atoms with Crippen LogP contribution in [-0.4, -0.2) is 38.3 Å². The quantitative estimate of drug-likeness (QED) is 0.760. The van der Waals surface area contributed by atoms with Crippen molar-refractivity contribution in [3.05, 3.63) is 18.3 Å². The summed E-state index contributed by atoms with van der Waals surface area (Å²) in [5, 5.41) is 0. The van der Waals surface area contributed by atoms with Crippen LogP contribution in [0, 0.1) is 5.92 Å². The van der Waals surface area contributed by atoms with Gasteiger partial charge in [0, 0.05) is 19.3 Å². The molecule has 0 radical (unpaired) electrons. The highest BCUT2D eigenvalue weighted by Crippen LogP contribution is 2.29. The summed E-state index contributed by atoms with van der Waals surface area (Å²) in [6.45, 7) is 1.53. The molecule has 2 rings (SSSR count). The molecule has 1 saturated heterocycles. The predicted octanol–water partition coefficient (Wildman–Crippen LogP) is 1.48. The lowest BCUT2D eigenvalue weighted by molar-refractivity contribution is -0.145. The number of hydrogen-bond acceptors (Lipinski definition) is 5. The van der Waals surface area contributed by atoms with Gasteiger partial charge in [-0.25, -0.2) is 4.98 Å². The molecular weight excluding hydrogens is 232 g/mol. The minimum Gasteiger partial charge on any atom is -0.493 e. The Morgan fingerprint density at radius 1 is 1.50 bits per heavy atom. The molecule has 18 heavy (non-hydrogen) atoms. The van der Waals surface area contributed by atoms with Crippen LogP contribution in [0.4, 0.5) is 5.82 Å². The molecule has 0 bridgehead atoms.